The SMILES string of the molecule is C=CC(=O)N(CCCCC(C)CCCCN(Cc1ccccc1)C(=O)C=C)Cc1ccccc1.C=CC(=O)NC1CC(C)(C)C(C)(NC(=O)C=C)CC1C. The standard InChI is InChI=1S/C30H40N2O2.C16H26N2O2/c1-4-29(33)31(24-27-18-8-6-9-19-27)22-14-12-16-26(3)17-13-15-23-32(30(34)5-2)25-28-20-10-7-11-21-28;1-7-13(19)17-12-10-15(4,5)16(6,9-11(12)3)18-14(20)8-2/h4-11,18-21,26H,1-2,12-17,22-25H2,3H3;7-8,11-12H,1-2,9-10H2,3-6H3,(H,17,19)(H,18,20). The normalized spacial score (nSPS) is 18.6. The molecule has 8 heteroatoms. The second kappa shape index (κ2) is 23.1. The minimum absolute atomic E-state index is 0.00831. The van der Waals surface area contributed by atoms with Gasteiger partial charge < -0.3 is 20.4 Å². The predicted molar refractivity (Wildman–Crippen MR) is 222 cm³/mol. The number of rotatable bonds is 20. The Morgan fingerprint density at radius 3 is 1.56 bits per heavy atom. The maximum atomic E-state index is 12.2. The third-order valence-electron chi connectivity index (χ3n) is 10.9. The molecule has 1 aliphatic carbocycles. The number of carbonyl (C=O) groups is 4. The first kappa shape index (κ1) is 45.4. The summed E-state index contributed by atoms with van der Waals surface area (Å²) in [6, 6.07) is 20.3. The molecule has 0 aromatic heterocycles. The summed E-state index contributed by atoms with van der Waals surface area (Å²) in [6.07, 6.45) is 13.5. The Kier molecular flexibility index (Phi) is 19.5. The van der Waals surface area contributed by atoms with Gasteiger partial charge >= 0.3 is 0 Å². The Labute approximate surface area is 325 Å². The number of nitrogens with one attached hydrogen (secondary N) is 2. The highest BCUT2D eigenvalue weighted by atomic mass is 16.2. The van der Waals surface area contributed by atoms with Gasteiger partial charge in [0.25, 0.3) is 0 Å². The van der Waals surface area contributed by atoms with E-state index in [0.29, 0.717) is 19.0 Å². The zero-order valence-corrected chi connectivity index (χ0v) is 33.7. The van der Waals surface area contributed by atoms with Crippen molar-refractivity contribution in [1.82, 2.24) is 20.4 Å². The summed E-state index contributed by atoms with van der Waals surface area (Å²) >= 11 is 0. The molecule has 3 unspecified atom stereocenters. The highest BCUT2D eigenvalue weighted by molar-refractivity contribution is 5.88. The van der Waals surface area contributed by atoms with Crippen molar-refractivity contribution in [1.29, 1.82) is 0 Å². The number of benzene rings is 2. The average Bonchev–Trinajstić information content (AvgIpc) is 3.16. The molecule has 0 heterocycles. The molecule has 2 N–H and O–H groups in total. The van der Waals surface area contributed by atoms with E-state index in [2.05, 4.69) is 95.8 Å². The molecule has 2 aromatic carbocycles. The van der Waals surface area contributed by atoms with Crippen LogP contribution in [0.3, 0.4) is 0 Å². The number of nitrogens with zero attached hydrogens (tertiary/aromatic N) is 2. The van der Waals surface area contributed by atoms with Gasteiger partial charge in [0.05, 0.1) is 0 Å². The minimum atomic E-state index is -0.312. The van der Waals surface area contributed by atoms with Crippen molar-refractivity contribution in [3.05, 3.63) is 122 Å². The van der Waals surface area contributed by atoms with Crippen LogP contribution in [0.4, 0.5) is 0 Å². The Hall–Kier alpha value is -4.72. The van der Waals surface area contributed by atoms with Crippen LogP contribution in [-0.4, -0.2) is 58.1 Å². The molecule has 54 heavy (non-hydrogen) atoms. The zero-order valence-electron chi connectivity index (χ0n) is 33.7. The lowest BCUT2D eigenvalue weighted by Gasteiger charge is -2.53. The van der Waals surface area contributed by atoms with Gasteiger partial charge in [-0.25, -0.2) is 0 Å². The highest BCUT2D eigenvalue weighted by Gasteiger charge is 2.49. The van der Waals surface area contributed by atoms with E-state index in [0.717, 1.165) is 75.6 Å². The summed E-state index contributed by atoms with van der Waals surface area (Å²) < 4.78 is 0. The zero-order chi connectivity index (χ0) is 40.1. The molecule has 1 aliphatic rings. The van der Waals surface area contributed by atoms with Crippen molar-refractivity contribution in [2.45, 2.75) is 111 Å². The van der Waals surface area contributed by atoms with Crippen molar-refractivity contribution in [2.75, 3.05) is 13.1 Å². The summed E-state index contributed by atoms with van der Waals surface area (Å²) in [6.45, 7) is 27.8. The van der Waals surface area contributed by atoms with Crippen LogP contribution in [0.1, 0.15) is 97.1 Å². The Balaban J connectivity index is 0.000000429. The van der Waals surface area contributed by atoms with Crippen molar-refractivity contribution in [2.24, 2.45) is 17.3 Å². The Morgan fingerprint density at radius 1 is 0.704 bits per heavy atom. The second-order valence-corrected chi connectivity index (χ2v) is 15.6. The van der Waals surface area contributed by atoms with Crippen molar-refractivity contribution >= 4 is 23.6 Å². The van der Waals surface area contributed by atoms with Crippen LogP contribution in [0.5, 0.6) is 0 Å². The largest absolute Gasteiger partial charge is 0.350 e. The third-order valence-corrected chi connectivity index (χ3v) is 10.9. The van der Waals surface area contributed by atoms with Crippen LogP contribution in [-0.2, 0) is 32.3 Å². The van der Waals surface area contributed by atoms with E-state index in [4.69, 9.17) is 0 Å². The van der Waals surface area contributed by atoms with Crippen LogP contribution in [0.2, 0.25) is 0 Å². The van der Waals surface area contributed by atoms with E-state index in [9.17, 15) is 19.2 Å². The first-order valence-corrected chi connectivity index (χ1v) is 19.5. The quantitative estimate of drug-likeness (QED) is 0.105. The fourth-order valence-electron chi connectivity index (χ4n) is 7.15. The van der Waals surface area contributed by atoms with Gasteiger partial charge in [-0.3, -0.25) is 19.2 Å². The summed E-state index contributed by atoms with van der Waals surface area (Å²) in [7, 11) is 0. The topological polar surface area (TPSA) is 98.8 Å². The van der Waals surface area contributed by atoms with E-state index >= 15 is 0 Å². The smallest absolute Gasteiger partial charge is 0.246 e. The molecular formula is C46H66N4O4. The molecule has 0 radical (unpaired) electrons. The minimum Gasteiger partial charge on any atom is -0.350 e. The molecule has 0 aliphatic heterocycles. The van der Waals surface area contributed by atoms with Gasteiger partial charge in [0.2, 0.25) is 23.6 Å². The Bertz CT molecular complexity index is 1450. The Morgan fingerprint density at radius 2 is 1.15 bits per heavy atom. The first-order valence-electron chi connectivity index (χ1n) is 19.5. The fraction of sp³-hybridized carbons (Fsp3) is 0.478. The number of hydrogen-bond acceptors (Lipinski definition) is 4. The van der Waals surface area contributed by atoms with Crippen LogP contribution >= 0.6 is 0 Å². The molecule has 0 saturated heterocycles. The van der Waals surface area contributed by atoms with Gasteiger partial charge in [0, 0.05) is 37.8 Å². The molecule has 294 valence electrons. The molecule has 3 rings (SSSR count). The summed E-state index contributed by atoms with van der Waals surface area (Å²) in [5, 5.41) is 6.05. The molecule has 8 nitrogen and oxygen atoms in total. The molecule has 0 spiro atoms. The molecule has 3 atom stereocenters. The molecule has 2 aromatic rings. The van der Waals surface area contributed by atoms with Crippen molar-refractivity contribution < 1.29 is 19.2 Å². The fourth-order valence-corrected chi connectivity index (χ4v) is 7.15. The lowest BCUT2D eigenvalue weighted by Crippen LogP contribution is -2.63. The van der Waals surface area contributed by atoms with Crippen molar-refractivity contribution in [3.63, 3.8) is 0 Å². The van der Waals surface area contributed by atoms with Gasteiger partial charge in [-0.15, -0.1) is 0 Å². The van der Waals surface area contributed by atoms with E-state index in [1.54, 1.807) is 0 Å². The van der Waals surface area contributed by atoms with E-state index < -0.39 is 0 Å². The number of amides is 4. The number of unbranched alkanes of at least 4 members (excludes halogenated alkanes) is 2. The van der Waals surface area contributed by atoms with E-state index in [1.807, 2.05) is 46.2 Å². The molecule has 1 fully saturated rings. The van der Waals surface area contributed by atoms with Gasteiger partial charge in [-0.1, -0.05) is 140 Å². The van der Waals surface area contributed by atoms with Crippen LogP contribution < -0.4 is 10.6 Å². The number of hydrogen-bond donors (Lipinski definition) is 2. The maximum absolute atomic E-state index is 12.2. The van der Waals surface area contributed by atoms with Gasteiger partial charge in [0.1, 0.15) is 0 Å². The van der Waals surface area contributed by atoms with Crippen molar-refractivity contribution in [3.8, 4) is 0 Å². The van der Waals surface area contributed by atoms with Gasteiger partial charge in [-0.05, 0) is 85.3 Å². The van der Waals surface area contributed by atoms with Crippen LogP contribution in [0.15, 0.2) is 111 Å². The summed E-state index contributed by atoms with van der Waals surface area (Å²) in [4.78, 5) is 51.4. The predicted octanol–water partition coefficient (Wildman–Crippen LogP) is 8.57. The van der Waals surface area contributed by atoms with Gasteiger partial charge in [-0.2, -0.15) is 0 Å². The molecule has 4 amide bonds. The summed E-state index contributed by atoms with van der Waals surface area (Å²) in [5.41, 5.74) is 1.84. The first-order chi connectivity index (χ1) is 25.7. The lowest BCUT2D eigenvalue weighted by molar-refractivity contribution is -0.127. The lowest BCUT2D eigenvalue weighted by atomic mass is 9.59. The summed E-state index contributed by atoms with van der Waals surface area (Å²) in [5.74, 6) is 0.604. The third kappa shape index (κ3) is 15.3. The maximum Gasteiger partial charge on any atom is 0.246 e. The molecule has 1 saturated carbocycles. The molecular weight excluding hydrogens is 673 g/mol. The second-order valence-electron chi connectivity index (χ2n) is 15.6. The molecule has 0 bridgehead atoms. The monoisotopic (exact) mass is 739 g/mol. The average molecular weight is 739 g/mol. The highest BCUT2D eigenvalue weighted by Crippen LogP contribution is 2.46. The van der Waals surface area contributed by atoms with E-state index in [-0.39, 0.29) is 46.5 Å². The van der Waals surface area contributed by atoms with Gasteiger partial charge in [0.15, 0.2) is 0 Å². The van der Waals surface area contributed by atoms with Crippen LogP contribution in [0, 0.1) is 17.3 Å². The van der Waals surface area contributed by atoms with Crippen LogP contribution in [0.25, 0.3) is 0 Å². The van der Waals surface area contributed by atoms with E-state index in [1.165, 1.54) is 24.3 Å². The number of carbonyl (C=O) groups excluding carboxylic acids is 4.